The Kier molecular flexibility index (Phi) is 3.10. The highest BCUT2D eigenvalue weighted by atomic mass is 32.1. The molecule has 1 aromatic heterocycles. The van der Waals surface area contributed by atoms with Crippen molar-refractivity contribution in [3.63, 3.8) is 0 Å². The Hall–Kier alpha value is -1.35. The van der Waals surface area contributed by atoms with Crippen LogP contribution in [0.2, 0.25) is 0 Å². The lowest BCUT2D eigenvalue weighted by Gasteiger charge is -2.32. The summed E-state index contributed by atoms with van der Waals surface area (Å²) in [6.07, 6.45) is 4.37. The van der Waals surface area contributed by atoms with Gasteiger partial charge in [0.2, 0.25) is 0 Å². The molecule has 3 heteroatoms. The van der Waals surface area contributed by atoms with Crippen LogP contribution in [0, 0.1) is 0 Å². The minimum Gasteiger partial charge on any atom is -0.371 e. The molecule has 17 heavy (non-hydrogen) atoms. The second kappa shape index (κ2) is 4.88. The van der Waals surface area contributed by atoms with Gasteiger partial charge < -0.3 is 4.90 Å². The summed E-state index contributed by atoms with van der Waals surface area (Å²) in [4.78, 5) is 6.91. The molecule has 0 aliphatic carbocycles. The molecule has 0 radical (unpaired) electrons. The number of hydrogen-bond acceptors (Lipinski definition) is 3. The van der Waals surface area contributed by atoms with Crippen LogP contribution in [0.15, 0.2) is 41.9 Å². The molecule has 2 aromatic rings. The average Bonchev–Trinajstić information content (AvgIpc) is 2.94. The number of thiazole rings is 1. The van der Waals surface area contributed by atoms with Crippen LogP contribution in [0.5, 0.6) is 0 Å². The van der Waals surface area contributed by atoms with Crippen molar-refractivity contribution < 1.29 is 0 Å². The Morgan fingerprint density at radius 3 is 2.53 bits per heavy atom. The highest BCUT2D eigenvalue weighted by molar-refractivity contribution is 7.09. The van der Waals surface area contributed by atoms with Gasteiger partial charge in [-0.15, -0.1) is 11.3 Å². The van der Waals surface area contributed by atoms with Crippen LogP contribution in [-0.4, -0.2) is 18.1 Å². The van der Waals surface area contributed by atoms with Crippen LogP contribution in [0.1, 0.15) is 23.8 Å². The van der Waals surface area contributed by atoms with Gasteiger partial charge >= 0.3 is 0 Å². The third kappa shape index (κ3) is 2.34. The summed E-state index contributed by atoms with van der Waals surface area (Å²) in [6.45, 7) is 2.29. The van der Waals surface area contributed by atoms with E-state index in [-0.39, 0.29) is 0 Å². The molecule has 0 saturated carbocycles. The van der Waals surface area contributed by atoms with Crippen LogP contribution in [0.3, 0.4) is 0 Å². The Morgan fingerprint density at radius 2 is 1.88 bits per heavy atom. The van der Waals surface area contributed by atoms with Crippen LogP contribution < -0.4 is 4.90 Å². The van der Waals surface area contributed by atoms with E-state index in [0.717, 1.165) is 13.1 Å². The Bertz CT molecular complexity index is 444. The molecule has 2 heterocycles. The van der Waals surface area contributed by atoms with E-state index in [2.05, 4.69) is 45.6 Å². The summed E-state index contributed by atoms with van der Waals surface area (Å²) in [7, 11) is 0. The molecule has 0 atom stereocenters. The van der Waals surface area contributed by atoms with E-state index < -0.39 is 0 Å². The molecular weight excluding hydrogens is 228 g/mol. The highest BCUT2D eigenvalue weighted by Gasteiger charge is 2.22. The lowest BCUT2D eigenvalue weighted by Crippen LogP contribution is -2.32. The van der Waals surface area contributed by atoms with Gasteiger partial charge in [-0.05, 0) is 25.0 Å². The fourth-order valence-electron chi connectivity index (χ4n) is 2.46. The predicted molar refractivity (Wildman–Crippen MR) is 72.7 cm³/mol. The van der Waals surface area contributed by atoms with Crippen molar-refractivity contribution in [2.45, 2.75) is 18.8 Å². The second-order valence-corrected chi connectivity index (χ2v) is 5.39. The molecular formula is C14H16N2S. The van der Waals surface area contributed by atoms with Crippen molar-refractivity contribution in [1.82, 2.24) is 4.98 Å². The topological polar surface area (TPSA) is 16.1 Å². The lowest BCUT2D eigenvalue weighted by molar-refractivity contribution is 0.504. The van der Waals surface area contributed by atoms with Crippen molar-refractivity contribution in [3.8, 4) is 0 Å². The van der Waals surface area contributed by atoms with E-state index >= 15 is 0 Å². The molecule has 2 nitrogen and oxygen atoms in total. The lowest BCUT2D eigenvalue weighted by atomic mass is 9.97. The number of benzene rings is 1. The number of nitrogens with zero attached hydrogens (tertiary/aromatic N) is 2. The standard InChI is InChI=1S/C14H16N2S/c1-2-4-13(5-3-1)16-9-6-12(7-10-16)14-15-8-11-17-14/h1-5,8,11-12H,6-7,9-10H2. The first-order valence-electron chi connectivity index (χ1n) is 6.13. The van der Waals surface area contributed by atoms with E-state index in [0.29, 0.717) is 5.92 Å². The number of aromatic nitrogens is 1. The van der Waals surface area contributed by atoms with Gasteiger partial charge in [0.05, 0.1) is 5.01 Å². The van der Waals surface area contributed by atoms with Gasteiger partial charge in [0.1, 0.15) is 0 Å². The maximum Gasteiger partial charge on any atom is 0.0957 e. The summed E-state index contributed by atoms with van der Waals surface area (Å²) >= 11 is 1.80. The normalized spacial score (nSPS) is 17.3. The largest absolute Gasteiger partial charge is 0.371 e. The molecule has 0 unspecified atom stereocenters. The minimum atomic E-state index is 0.676. The number of anilines is 1. The SMILES string of the molecule is c1ccc(N2CCC(c3nccs3)CC2)cc1. The van der Waals surface area contributed by atoms with E-state index in [4.69, 9.17) is 0 Å². The molecule has 1 fully saturated rings. The summed E-state index contributed by atoms with van der Waals surface area (Å²) in [5.74, 6) is 0.676. The van der Waals surface area contributed by atoms with E-state index in [1.807, 2.05) is 6.20 Å². The fourth-order valence-corrected chi connectivity index (χ4v) is 3.27. The zero-order chi connectivity index (χ0) is 11.5. The molecule has 0 N–H and O–H groups in total. The maximum absolute atomic E-state index is 4.44. The number of para-hydroxylation sites is 1. The van der Waals surface area contributed by atoms with Gasteiger partial charge in [0, 0.05) is 36.3 Å². The maximum atomic E-state index is 4.44. The average molecular weight is 244 g/mol. The summed E-state index contributed by atoms with van der Waals surface area (Å²) in [5.41, 5.74) is 1.35. The smallest absolute Gasteiger partial charge is 0.0957 e. The van der Waals surface area contributed by atoms with Gasteiger partial charge in [-0.25, -0.2) is 4.98 Å². The first-order chi connectivity index (χ1) is 8.43. The molecule has 0 spiro atoms. The summed E-state index contributed by atoms with van der Waals surface area (Å²) in [6, 6.07) is 10.7. The van der Waals surface area contributed by atoms with Crippen LogP contribution in [0.25, 0.3) is 0 Å². The summed E-state index contributed by atoms with van der Waals surface area (Å²) < 4.78 is 0. The highest BCUT2D eigenvalue weighted by Crippen LogP contribution is 2.31. The molecule has 1 saturated heterocycles. The molecule has 88 valence electrons. The van der Waals surface area contributed by atoms with Crippen LogP contribution in [-0.2, 0) is 0 Å². The van der Waals surface area contributed by atoms with E-state index in [9.17, 15) is 0 Å². The zero-order valence-corrected chi connectivity index (χ0v) is 10.6. The van der Waals surface area contributed by atoms with Gasteiger partial charge in [-0.1, -0.05) is 18.2 Å². The van der Waals surface area contributed by atoms with Crippen molar-refractivity contribution in [3.05, 3.63) is 46.9 Å². The summed E-state index contributed by atoms with van der Waals surface area (Å²) in [5, 5.41) is 3.40. The number of piperidine rings is 1. The van der Waals surface area contributed by atoms with Gasteiger partial charge in [0.15, 0.2) is 0 Å². The van der Waals surface area contributed by atoms with Crippen molar-refractivity contribution in [2.24, 2.45) is 0 Å². The number of hydrogen-bond donors (Lipinski definition) is 0. The Labute approximate surface area is 106 Å². The first-order valence-corrected chi connectivity index (χ1v) is 7.01. The van der Waals surface area contributed by atoms with Crippen LogP contribution >= 0.6 is 11.3 Å². The van der Waals surface area contributed by atoms with E-state index in [1.165, 1.54) is 23.5 Å². The van der Waals surface area contributed by atoms with Crippen molar-refractivity contribution >= 4 is 17.0 Å². The third-order valence-electron chi connectivity index (χ3n) is 3.42. The van der Waals surface area contributed by atoms with E-state index in [1.54, 1.807) is 11.3 Å². The molecule has 1 aromatic carbocycles. The monoisotopic (exact) mass is 244 g/mol. The Morgan fingerprint density at radius 1 is 1.12 bits per heavy atom. The zero-order valence-electron chi connectivity index (χ0n) is 9.75. The predicted octanol–water partition coefficient (Wildman–Crippen LogP) is 3.53. The molecule has 1 aliphatic heterocycles. The first kappa shape index (κ1) is 10.8. The minimum absolute atomic E-state index is 0.676. The van der Waals surface area contributed by atoms with Gasteiger partial charge in [0.25, 0.3) is 0 Å². The second-order valence-electron chi connectivity index (χ2n) is 4.47. The van der Waals surface area contributed by atoms with Crippen molar-refractivity contribution in [2.75, 3.05) is 18.0 Å². The molecule has 1 aliphatic rings. The van der Waals surface area contributed by atoms with Gasteiger partial charge in [-0.2, -0.15) is 0 Å². The molecule has 3 rings (SSSR count). The van der Waals surface area contributed by atoms with Crippen LogP contribution in [0.4, 0.5) is 5.69 Å². The third-order valence-corrected chi connectivity index (χ3v) is 4.35. The quantitative estimate of drug-likeness (QED) is 0.803. The fraction of sp³-hybridized carbons (Fsp3) is 0.357. The van der Waals surface area contributed by atoms with Gasteiger partial charge in [-0.3, -0.25) is 0 Å². The van der Waals surface area contributed by atoms with Crippen molar-refractivity contribution in [1.29, 1.82) is 0 Å². The Balaban J connectivity index is 1.65. The molecule has 0 bridgehead atoms. The number of rotatable bonds is 2. The molecule has 0 amide bonds.